The molecule has 1 aromatic carbocycles. The van der Waals surface area contributed by atoms with Crippen molar-refractivity contribution in [1.29, 1.82) is 0 Å². The molecule has 1 aromatic rings. The van der Waals surface area contributed by atoms with Gasteiger partial charge in [0.05, 0.1) is 13.7 Å². The number of nitrogens with two attached hydrogens (primary N) is 1. The number of methoxy groups -OCH3 is 2. The van der Waals surface area contributed by atoms with Crippen LogP contribution in [0.25, 0.3) is 0 Å². The summed E-state index contributed by atoms with van der Waals surface area (Å²) in [5, 5.41) is 3.31. The number of hydrogen-bond acceptors (Lipinski definition) is 6. The van der Waals surface area contributed by atoms with E-state index in [1.165, 1.54) is 30.5 Å². The van der Waals surface area contributed by atoms with Crippen LogP contribution in [0, 0.1) is 17.3 Å². The maximum Gasteiger partial charge on any atom is 0.231 e. The number of carbonyl (C=O) groups is 1. The molecule has 3 N–H and O–H groups in total. The molecule has 2 heterocycles. The third-order valence-corrected chi connectivity index (χ3v) is 9.40. The summed E-state index contributed by atoms with van der Waals surface area (Å²) in [4.78, 5) is 14.2. The Morgan fingerprint density at radius 1 is 1.33 bits per heavy atom. The lowest BCUT2D eigenvalue weighted by molar-refractivity contribution is -0.172. The Balaban J connectivity index is 1.44. The van der Waals surface area contributed by atoms with Gasteiger partial charge >= 0.3 is 0 Å². The van der Waals surface area contributed by atoms with Gasteiger partial charge in [0.25, 0.3) is 0 Å². The van der Waals surface area contributed by atoms with Crippen LogP contribution in [0.3, 0.4) is 0 Å². The van der Waals surface area contributed by atoms with E-state index in [1.807, 2.05) is 0 Å². The first-order valence-corrected chi connectivity index (χ1v) is 12.5. The van der Waals surface area contributed by atoms with Crippen molar-refractivity contribution in [2.45, 2.75) is 62.7 Å². The number of likely N-dealkylation sites (tertiary alicyclic amines) is 1. The number of amides is 1. The standard InChI is InChI=1S/C26H37N3O4/c1-25(14-28-12-20(27)30)11-17-18-10-16-6-7-19(31-2)22-21(16)26(17,24(33-22)23(25)32-3)8-9-29(18)13-15-4-5-15/h6-7,15,17-18,23-24,28H,4-5,8-14H2,1-3H3,(H2,27,30)/t17?,18-,23?,24+,25+,26?/m1/s1. The molecule has 33 heavy (non-hydrogen) atoms. The van der Waals surface area contributed by atoms with Gasteiger partial charge in [0.15, 0.2) is 11.5 Å². The second-order valence-corrected chi connectivity index (χ2v) is 11.4. The van der Waals surface area contributed by atoms with Crippen LogP contribution in [0.1, 0.15) is 43.7 Å². The van der Waals surface area contributed by atoms with Crippen LogP contribution < -0.4 is 20.5 Å². The minimum absolute atomic E-state index is 0.0357. The summed E-state index contributed by atoms with van der Waals surface area (Å²) in [6.45, 7) is 5.51. The fourth-order valence-electron chi connectivity index (χ4n) is 7.92. The molecule has 1 saturated heterocycles. The van der Waals surface area contributed by atoms with Gasteiger partial charge in [-0.1, -0.05) is 13.0 Å². The van der Waals surface area contributed by atoms with Gasteiger partial charge in [-0.25, -0.2) is 0 Å². The lowest BCUT2D eigenvalue weighted by Gasteiger charge is -2.63. The van der Waals surface area contributed by atoms with Gasteiger partial charge in [0.2, 0.25) is 5.91 Å². The highest BCUT2D eigenvalue weighted by Gasteiger charge is 2.70. The number of nitrogens with one attached hydrogen (secondary N) is 1. The van der Waals surface area contributed by atoms with E-state index in [0.717, 1.165) is 43.2 Å². The Labute approximate surface area is 196 Å². The van der Waals surface area contributed by atoms with Crippen LogP contribution in [0.2, 0.25) is 0 Å². The molecule has 180 valence electrons. The van der Waals surface area contributed by atoms with Crippen molar-refractivity contribution in [3.8, 4) is 11.5 Å². The van der Waals surface area contributed by atoms with Crippen LogP contribution in [0.5, 0.6) is 11.5 Å². The van der Waals surface area contributed by atoms with Crippen LogP contribution in [0.4, 0.5) is 0 Å². The van der Waals surface area contributed by atoms with Crippen LogP contribution in [0.15, 0.2) is 12.1 Å². The van der Waals surface area contributed by atoms with Gasteiger partial charge in [-0.05, 0) is 62.1 Å². The molecule has 0 radical (unpaired) electrons. The Morgan fingerprint density at radius 3 is 2.85 bits per heavy atom. The molecule has 6 atom stereocenters. The molecule has 3 fully saturated rings. The maximum absolute atomic E-state index is 11.4. The van der Waals surface area contributed by atoms with Gasteiger partial charge in [-0.15, -0.1) is 0 Å². The third kappa shape index (κ3) is 3.08. The third-order valence-electron chi connectivity index (χ3n) is 9.40. The Hall–Kier alpha value is -1.83. The Bertz CT molecular complexity index is 965. The molecule has 2 saturated carbocycles. The van der Waals surface area contributed by atoms with Crippen LogP contribution in [-0.4, -0.2) is 69.5 Å². The van der Waals surface area contributed by atoms with Crippen LogP contribution >= 0.6 is 0 Å². The van der Waals surface area contributed by atoms with Crippen molar-refractivity contribution in [2.24, 2.45) is 23.0 Å². The number of carbonyl (C=O) groups excluding carboxylic acids is 1. The summed E-state index contributed by atoms with van der Waals surface area (Å²) in [7, 11) is 3.54. The first-order chi connectivity index (χ1) is 15.9. The molecular weight excluding hydrogens is 418 g/mol. The monoisotopic (exact) mass is 455 g/mol. The molecule has 1 amide bonds. The summed E-state index contributed by atoms with van der Waals surface area (Å²) in [5.41, 5.74) is 8.04. The second kappa shape index (κ2) is 7.59. The van der Waals surface area contributed by atoms with Gasteiger partial charge < -0.3 is 25.3 Å². The largest absolute Gasteiger partial charge is 0.493 e. The van der Waals surface area contributed by atoms with E-state index in [0.29, 0.717) is 18.5 Å². The summed E-state index contributed by atoms with van der Waals surface area (Å²) in [6, 6.07) is 4.88. The molecule has 7 heteroatoms. The fourth-order valence-corrected chi connectivity index (χ4v) is 7.92. The lowest BCUT2D eigenvalue weighted by Crippen LogP contribution is -2.71. The Morgan fingerprint density at radius 2 is 2.15 bits per heavy atom. The zero-order valence-electron chi connectivity index (χ0n) is 20.1. The highest BCUT2D eigenvalue weighted by atomic mass is 16.6. The summed E-state index contributed by atoms with van der Waals surface area (Å²) in [5.74, 6) is 2.81. The summed E-state index contributed by atoms with van der Waals surface area (Å²) >= 11 is 0. The van der Waals surface area contributed by atoms with Crippen LogP contribution in [-0.2, 0) is 21.4 Å². The smallest absolute Gasteiger partial charge is 0.231 e. The van der Waals surface area contributed by atoms with Gasteiger partial charge in [-0.2, -0.15) is 0 Å². The molecule has 3 unspecified atom stereocenters. The van der Waals surface area contributed by atoms with E-state index in [1.54, 1.807) is 14.2 Å². The predicted molar refractivity (Wildman–Crippen MR) is 125 cm³/mol. The van der Waals surface area contributed by atoms with Crippen molar-refractivity contribution in [1.82, 2.24) is 10.2 Å². The zero-order valence-corrected chi connectivity index (χ0v) is 20.1. The van der Waals surface area contributed by atoms with E-state index in [2.05, 4.69) is 29.3 Å². The summed E-state index contributed by atoms with van der Waals surface area (Å²) in [6.07, 6.45) is 5.82. The van der Waals surface area contributed by atoms with Gasteiger partial charge in [0, 0.05) is 42.6 Å². The number of hydrogen-bond donors (Lipinski definition) is 2. The fraction of sp³-hybridized carbons (Fsp3) is 0.731. The highest BCUT2D eigenvalue weighted by Crippen LogP contribution is 2.66. The molecule has 2 aliphatic heterocycles. The van der Waals surface area contributed by atoms with Gasteiger partial charge in [-0.3, -0.25) is 9.69 Å². The molecule has 7 nitrogen and oxygen atoms in total. The SMILES string of the molecule is COc1ccc2c3c1O[C@H]1C(OC)[C@](C)(CNCC(N)=O)CC4[C@@H](C2)N(CC2CC2)CCC341. The molecule has 0 aromatic heterocycles. The number of ether oxygens (including phenoxy) is 3. The number of primary amides is 1. The van der Waals surface area contributed by atoms with E-state index in [9.17, 15) is 4.79 Å². The van der Waals surface area contributed by atoms with Crippen molar-refractivity contribution >= 4 is 5.91 Å². The first-order valence-electron chi connectivity index (χ1n) is 12.5. The lowest BCUT2D eigenvalue weighted by atomic mass is 9.47. The number of rotatable bonds is 8. The molecule has 1 spiro atoms. The minimum atomic E-state index is -0.330. The maximum atomic E-state index is 11.4. The molecule has 6 rings (SSSR count). The predicted octanol–water partition coefficient (Wildman–Crippen LogP) is 1.85. The average molecular weight is 456 g/mol. The van der Waals surface area contributed by atoms with Gasteiger partial charge in [0.1, 0.15) is 12.2 Å². The quantitative estimate of drug-likeness (QED) is 0.622. The number of benzene rings is 1. The normalized spacial score (nSPS) is 38.5. The highest BCUT2D eigenvalue weighted by molar-refractivity contribution is 5.75. The minimum Gasteiger partial charge on any atom is -0.493 e. The topological polar surface area (TPSA) is 86.0 Å². The Kier molecular flexibility index (Phi) is 4.99. The van der Waals surface area contributed by atoms with E-state index >= 15 is 0 Å². The molecule has 3 aliphatic carbocycles. The molecule has 2 bridgehead atoms. The molecule has 5 aliphatic rings. The van der Waals surface area contributed by atoms with Crippen molar-refractivity contribution in [3.05, 3.63) is 23.3 Å². The number of piperidine rings is 1. The zero-order chi connectivity index (χ0) is 23.0. The van der Waals surface area contributed by atoms with E-state index in [-0.39, 0.29) is 35.5 Å². The summed E-state index contributed by atoms with van der Waals surface area (Å²) < 4.78 is 18.9. The average Bonchev–Trinajstić information content (AvgIpc) is 3.53. The van der Waals surface area contributed by atoms with E-state index < -0.39 is 0 Å². The number of nitrogens with zero attached hydrogens (tertiary/aromatic N) is 1. The van der Waals surface area contributed by atoms with Crippen molar-refractivity contribution < 1.29 is 19.0 Å². The second-order valence-electron chi connectivity index (χ2n) is 11.4. The molecular formula is C26H37N3O4. The van der Waals surface area contributed by atoms with E-state index in [4.69, 9.17) is 19.9 Å². The van der Waals surface area contributed by atoms with Crippen molar-refractivity contribution in [2.75, 3.05) is 40.4 Å². The van der Waals surface area contributed by atoms with Crippen molar-refractivity contribution in [3.63, 3.8) is 0 Å². The first kappa shape index (κ1) is 21.7.